The maximum Gasteiger partial charge on any atom is 0.338 e. The van der Waals surface area contributed by atoms with Gasteiger partial charge in [0.05, 0.1) is 18.8 Å². The molecule has 0 aliphatic carbocycles. The Morgan fingerprint density at radius 1 is 0.906 bits per heavy atom. The van der Waals surface area contributed by atoms with Gasteiger partial charge in [0.2, 0.25) is 0 Å². The first-order valence-electron chi connectivity index (χ1n) is 12.7. The van der Waals surface area contributed by atoms with E-state index in [1.54, 1.807) is 12.1 Å². The second-order valence-corrected chi connectivity index (χ2v) is 8.89. The molecule has 32 heavy (non-hydrogen) atoms. The van der Waals surface area contributed by atoms with E-state index in [-0.39, 0.29) is 18.0 Å². The standard InChI is InChI=1S/C27H42O5/c1-3-5-7-9-10-12-20-30-26(28)23-16-14-22(15-17-23)21-31-25-19-18-24(32-27(25)29)13-11-8-6-4-2/h14-17,24-25H,3-13,18-21H2,1-2H3/t24-,25-/m0/s1. The largest absolute Gasteiger partial charge is 0.462 e. The molecule has 1 aliphatic heterocycles. The van der Waals surface area contributed by atoms with Crippen molar-refractivity contribution < 1.29 is 23.8 Å². The molecule has 2 atom stereocenters. The highest BCUT2D eigenvalue weighted by molar-refractivity contribution is 5.89. The molecule has 2 rings (SSSR count). The van der Waals surface area contributed by atoms with Crippen LogP contribution in [0.25, 0.3) is 0 Å². The molecule has 1 aromatic rings. The third kappa shape index (κ3) is 10.2. The minimum Gasteiger partial charge on any atom is -0.462 e. The third-order valence-corrected chi connectivity index (χ3v) is 6.05. The van der Waals surface area contributed by atoms with Crippen LogP contribution in [0.1, 0.15) is 113 Å². The van der Waals surface area contributed by atoms with Crippen LogP contribution in [-0.4, -0.2) is 30.8 Å². The van der Waals surface area contributed by atoms with Crippen LogP contribution in [0.15, 0.2) is 24.3 Å². The molecule has 0 spiro atoms. The highest BCUT2D eigenvalue weighted by Gasteiger charge is 2.30. The Hall–Kier alpha value is -1.88. The van der Waals surface area contributed by atoms with Gasteiger partial charge in [0, 0.05) is 0 Å². The fourth-order valence-electron chi connectivity index (χ4n) is 3.97. The second kappa shape index (κ2) is 15.8. The van der Waals surface area contributed by atoms with Gasteiger partial charge in [0.25, 0.3) is 0 Å². The number of benzene rings is 1. The van der Waals surface area contributed by atoms with Crippen LogP contribution in [0.5, 0.6) is 0 Å². The molecule has 0 N–H and O–H groups in total. The third-order valence-electron chi connectivity index (χ3n) is 6.05. The van der Waals surface area contributed by atoms with Gasteiger partial charge in [-0.1, -0.05) is 77.3 Å². The summed E-state index contributed by atoms with van der Waals surface area (Å²) < 4.78 is 16.7. The van der Waals surface area contributed by atoms with Crippen molar-refractivity contribution in [3.05, 3.63) is 35.4 Å². The van der Waals surface area contributed by atoms with E-state index in [9.17, 15) is 9.59 Å². The zero-order valence-electron chi connectivity index (χ0n) is 20.1. The van der Waals surface area contributed by atoms with Gasteiger partial charge in [0.1, 0.15) is 6.10 Å². The molecule has 1 fully saturated rings. The fraction of sp³-hybridized carbons (Fsp3) is 0.704. The number of rotatable bonds is 16. The van der Waals surface area contributed by atoms with Crippen molar-refractivity contribution in [1.82, 2.24) is 0 Å². The molecule has 1 aliphatic rings. The first kappa shape index (κ1) is 26.4. The van der Waals surface area contributed by atoms with Crippen molar-refractivity contribution in [3.63, 3.8) is 0 Å². The predicted molar refractivity (Wildman–Crippen MR) is 127 cm³/mol. The first-order valence-corrected chi connectivity index (χ1v) is 12.7. The maximum atomic E-state index is 12.2. The van der Waals surface area contributed by atoms with Crippen molar-refractivity contribution in [1.29, 1.82) is 0 Å². The van der Waals surface area contributed by atoms with E-state index in [1.807, 2.05) is 12.1 Å². The average molecular weight is 447 g/mol. The zero-order valence-corrected chi connectivity index (χ0v) is 20.1. The highest BCUT2D eigenvalue weighted by atomic mass is 16.6. The monoisotopic (exact) mass is 446 g/mol. The van der Waals surface area contributed by atoms with Crippen LogP contribution < -0.4 is 0 Å². The molecular formula is C27H42O5. The van der Waals surface area contributed by atoms with Gasteiger partial charge in [-0.2, -0.15) is 0 Å². The summed E-state index contributed by atoms with van der Waals surface area (Å²) in [6.45, 7) is 5.20. The Bertz CT molecular complexity index is 655. The van der Waals surface area contributed by atoms with Crippen molar-refractivity contribution >= 4 is 11.9 Å². The SMILES string of the molecule is CCCCCCCCOC(=O)c1ccc(CO[C@H]2CC[C@H](CCCCCC)OC2=O)cc1. The molecule has 0 unspecified atom stereocenters. The number of carbonyl (C=O) groups is 2. The molecule has 1 saturated heterocycles. The number of unbranched alkanes of at least 4 members (excludes halogenated alkanes) is 8. The fourth-order valence-corrected chi connectivity index (χ4v) is 3.97. The lowest BCUT2D eigenvalue weighted by molar-refractivity contribution is -0.172. The van der Waals surface area contributed by atoms with Gasteiger partial charge in [-0.15, -0.1) is 0 Å². The van der Waals surface area contributed by atoms with Crippen molar-refractivity contribution in [2.45, 2.75) is 116 Å². The minimum absolute atomic E-state index is 0.0424. The van der Waals surface area contributed by atoms with E-state index in [1.165, 1.54) is 44.9 Å². The topological polar surface area (TPSA) is 61.8 Å². The molecule has 0 aromatic heterocycles. The number of esters is 2. The van der Waals surface area contributed by atoms with Gasteiger partial charge in [0.15, 0.2) is 6.10 Å². The minimum atomic E-state index is -0.496. The molecule has 0 saturated carbocycles. The molecule has 1 heterocycles. The summed E-state index contributed by atoms with van der Waals surface area (Å²) in [6.07, 6.45) is 13.8. The number of hydrogen-bond acceptors (Lipinski definition) is 5. The van der Waals surface area contributed by atoms with Crippen molar-refractivity contribution in [2.24, 2.45) is 0 Å². The smallest absolute Gasteiger partial charge is 0.338 e. The average Bonchev–Trinajstić information content (AvgIpc) is 2.81. The van der Waals surface area contributed by atoms with Crippen LogP contribution >= 0.6 is 0 Å². The highest BCUT2D eigenvalue weighted by Crippen LogP contribution is 2.23. The summed E-state index contributed by atoms with van der Waals surface area (Å²) in [6, 6.07) is 7.22. The zero-order chi connectivity index (χ0) is 23.0. The molecule has 180 valence electrons. The van der Waals surface area contributed by atoms with Crippen LogP contribution in [-0.2, 0) is 25.6 Å². The van der Waals surface area contributed by atoms with Crippen LogP contribution in [0.4, 0.5) is 0 Å². The van der Waals surface area contributed by atoms with Gasteiger partial charge < -0.3 is 14.2 Å². The van der Waals surface area contributed by atoms with Gasteiger partial charge in [-0.05, 0) is 49.8 Å². The van der Waals surface area contributed by atoms with E-state index in [0.29, 0.717) is 25.2 Å². The summed E-state index contributed by atoms with van der Waals surface area (Å²) >= 11 is 0. The number of cyclic esters (lactones) is 1. The Kier molecular flexibility index (Phi) is 13.1. The summed E-state index contributed by atoms with van der Waals surface area (Å²) in [4.78, 5) is 24.4. The van der Waals surface area contributed by atoms with Crippen molar-refractivity contribution in [2.75, 3.05) is 6.61 Å². The lowest BCUT2D eigenvalue weighted by Gasteiger charge is -2.28. The van der Waals surface area contributed by atoms with E-state index in [4.69, 9.17) is 14.2 Å². The maximum absolute atomic E-state index is 12.2. The summed E-state index contributed by atoms with van der Waals surface area (Å²) in [7, 11) is 0. The van der Waals surface area contributed by atoms with E-state index in [0.717, 1.165) is 37.7 Å². The Labute approximate surface area is 194 Å². The number of carbonyl (C=O) groups excluding carboxylic acids is 2. The van der Waals surface area contributed by atoms with Crippen molar-refractivity contribution in [3.8, 4) is 0 Å². The molecular weight excluding hydrogens is 404 g/mol. The van der Waals surface area contributed by atoms with E-state index >= 15 is 0 Å². The molecule has 0 amide bonds. The van der Waals surface area contributed by atoms with Gasteiger partial charge >= 0.3 is 11.9 Å². The molecule has 5 heteroatoms. The normalized spacial score (nSPS) is 18.4. The Morgan fingerprint density at radius 3 is 2.25 bits per heavy atom. The molecule has 1 aromatic carbocycles. The number of hydrogen-bond donors (Lipinski definition) is 0. The second-order valence-electron chi connectivity index (χ2n) is 8.89. The summed E-state index contributed by atoms with van der Waals surface area (Å²) in [5, 5.41) is 0. The Balaban J connectivity index is 1.63. The van der Waals surface area contributed by atoms with E-state index < -0.39 is 6.10 Å². The van der Waals surface area contributed by atoms with Crippen LogP contribution in [0.2, 0.25) is 0 Å². The van der Waals surface area contributed by atoms with Crippen LogP contribution in [0.3, 0.4) is 0 Å². The number of ether oxygens (including phenoxy) is 3. The summed E-state index contributed by atoms with van der Waals surface area (Å²) in [5.74, 6) is -0.529. The van der Waals surface area contributed by atoms with E-state index in [2.05, 4.69) is 13.8 Å². The quantitative estimate of drug-likeness (QED) is 0.207. The molecule has 5 nitrogen and oxygen atoms in total. The lowest BCUT2D eigenvalue weighted by atomic mass is 10.0. The van der Waals surface area contributed by atoms with Gasteiger partial charge in [-0.3, -0.25) is 0 Å². The molecule has 0 bridgehead atoms. The summed E-state index contributed by atoms with van der Waals surface area (Å²) in [5.41, 5.74) is 1.47. The lowest BCUT2D eigenvalue weighted by Crippen LogP contribution is -2.36. The van der Waals surface area contributed by atoms with Gasteiger partial charge in [-0.25, -0.2) is 9.59 Å². The predicted octanol–water partition coefficient (Wildman–Crippen LogP) is 6.77. The Morgan fingerprint density at radius 2 is 1.56 bits per heavy atom. The first-order chi connectivity index (χ1) is 15.6. The molecule has 0 radical (unpaired) electrons. The van der Waals surface area contributed by atoms with Crippen LogP contribution in [0, 0.1) is 0 Å².